The first-order valence-corrected chi connectivity index (χ1v) is 7.15. The zero-order valence-electron chi connectivity index (χ0n) is 10.2. The van der Waals surface area contributed by atoms with Crippen LogP contribution in [0.1, 0.15) is 20.3 Å². The fourth-order valence-corrected chi connectivity index (χ4v) is 3.23. The van der Waals surface area contributed by atoms with E-state index in [2.05, 4.69) is 0 Å². The average Bonchev–Trinajstić information content (AvgIpc) is 2.29. The summed E-state index contributed by atoms with van der Waals surface area (Å²) in [7, 11) is -3.48. The van der Waals surface area contributed by atoms with E-state index in [0.717, 1.165) is 6.42 Å². The Bertz CT molecular complexity index is 428. The number of rotatable bonds is 6. The van der Waals surface area contributed by atoms with E-state index in [4.69, 9.17) is 0 Å². The van der Waals surface area contributed by atoms with Crippen molar-refractivity contribution in [1.82, 2.24) is 4.31 Å². The van der Waals surface area contributed by atoms with Gasteiger partial charge < -0.3 is 5.11 Å². The highest BCUT2D eigenvalue weighted by molar-refractivity contribution is 7.89. The Labute approximate surface area is 103 Å². The summed E-state index contributed by atoms with van der Waals surface area (Å²) in [4.78, 5) is 0.272. The smallest absolute Gasteiger partial charge is 0.243 e. The molecule has 1 aromatic carbocycles. The lowest BCUT2D eigenvalue weighted by atomic mass is 10.4. The molecule has 0 aliphatic rings. The van der Waals surface area contributed by atoms with E-state index in [-0.39, 0.29) is 11.4 Å². The van der Waals surface area contributed by atoms with Gasteiger partial charge in [-0.3, -0.25) is 0 Å². The second-order valence-corrected chi connectivity index (χ2v) is 5.96. The maximum atomic E-state index is 12.3. The Balaban J connectivity index is 3.00. The van der Waals surface area contributed by atoms with E-state index in [9.17, 15) is 13.5 Å². The number of aliphatic hydroxyl groups is 1. The first-order valence-electron chi connectivity index (χ1n) is 5.71. The van der Waals surface area contributed by atoms with Gasteiger partial charge in [-0.15, -0.1) is 0 Å². The minimum Gasteiger partial charge on any atom is -0.392 e. The van der Waals surface area contributed by atoms with Gasteiger partial charge in [0.25, 0.3) is 0 Å². The van der Waals surface area contributed by atoms with Gasteiger partial charge in [0.1, 0.15) is 0 Å². The van der Waals surface area contributed by atoms with Crippen molar-refractivity contribution in [1.29, 1.82) is 0 Å². The predicted molar refractivity (Wildman–Crippen MR) is 67.2 cm³/mol. The van der Waals surface area contributed by atoms with Crippen LogP contribution >= 0.6 is 0 Å². The molecular weight excluding hydrogens is 238 g/mol. The van der Waals surface area contributed by atoms with Crippen LogP contribution < -0.4 is 0 Å². The molecule has 0 saturated carbocycles. The third-order valence-electron chi connectivity index (χ3n) is 2.32. The molecule has 4 nitrogen and oxygen atoms in total. The third kappa shape index (κ3) is 3.80. The summed E-state index contributed by atoms with van der Waals surface area (Å²) in [5, 5.41) is 9.35. The molecule has 1 rings (SSSR count). The van der Waals surface area contributed by atoms with Crippen LogP contribution in [0.4, 0.5) is 0 Å². The zero-order chi connectivity index (χ0) is 12.9. The fourth-order valence-electron chi connectivity index (χ4n) is 1.60. The summed E-state index contributed by atoms with van der Waals surface area (Å²) in [5.41, 5.74) is 0. The second kappa shape index (κ2) is 6.14. The van der Waals surface area contributed by atoms with E-state index in [1.807, 2.05) is 6.92 Å². The van der Waals surface area contributed by atoms with Crippen LogP contribution in [0.5, 0.6) is 0 Å². The molecule has 1 N–H and O–H groups in total. The predicted octanol–water partition coefficient (Wildman–Crippen LogP) is 1.47. The summed E-state index contributed by atoms with van der Waals surface area (Å²) >= 11 is 0. The molecule has 0 aliphatic heterocycles. The lowest BCUT2D eigenvalue weighted by Gasteiger charge is -2.22. The molecule has 0 aliphatic carbocycles. The number of hydrogen-bond donors (Lipinski definition) is 1. The molecule has 0 saturated heterocycles. The van der Waals surface area contributed by atoms with Crippen molar-refractivity contribution in [2.45, 2.75) is 31.3 Å². The summed E-state index contributed by atoms with van der Waals surface area (Å²) in [5.74, 6) is 0. The van der Waals surface area contributed by atoms with E-state index < -0.39 is 16.1 Å². The van der Waals surface area contributed by atoms with Gasteiger partial charge in [0, 0.05) is 13.1 Å². The maximum Gasteiger partial charge on any atom is 0.243 e. The summed E-state index contributed by atoms with van der Waals surface area (Å²) in [6.45, 7) is 4.05. The van der Waals surface area contributed by atoms with Crippen LogP contribution in [0, 0.1) is 0 Å². The molecule has 0 spiro atoms. The monoisotopic (exact) mass is 257 g/mol. The molecule has 0 bridgehead atoms. The maximum absolute atomic E-state index is 12.3. The van der Waals surface area contributed by atoms with Gasteiger partial charge in [-0.2, -0.15) is 4.31 Å². The van der Waals surface area contributed by atoms with Crippen molar-refractivity contribution in [3.05, 3.63) is 30.3 Å². The lowest BCUT2D eigenvalue weighted by Crippen LogP contribution is -2.37. The van der Waals surface area contributed by atoms with Crippen molar-refractivity contribution in [2.24, 2.45) is 0 Å². The van der Waals surface area contributed by atoms with Gasteiger partial charge in [-0.25, -0.2) is 8.42 Å². The van der Waals surface area contributed by atoms with E-state index >= 15 is 0 Å². The molecule has 5 heteroatoms. The summed E-state index contributed by atoms with van der Waals surface area (Å²) < 4.78 is 25.9. The van der Waals surface area contributed by atoms with Crippen molar-refractivity contribution < 1.29 is 13.5 Å². The van der Waals surface area contributed by atoms with Gasteiger partial charge in [0.2, 0.25) is 10.0 Å². The van der Waals surface area contributed by atoms with Gasteiger partial charge in [0.15, 0.2) is 0 Å². The van der Waals surface area contributed by atoms with Gasteiger partial charge in [-0.1, -0.05) is 25.1 Å². The zero-order valence-corrected chi connectivity index (χ0v) is 11.0. The van der Waals surface area contributed by atoms with Crippen LogP contribution in [0.25, 0.3) is 0 Å². The van der Waals surface area contributed by atoms with Crippen LogP contribution in [0.2, 0.25) is 0 Å². The van der Waals surface area contributed by atoms with Crippen LogP contribution in [-0.4, -0.2) is 37.0 Å². The van der Waals surface area contributed by atoms with E-state index in [1.54, 1.807) is 37.3 Å². The quantitative estimate of drug-likeness (QED) is 0.839. The molecule has 0 aromatic heterocycles. The second-order valence-electron chi connectivity index (χ2n) is 4.03. The normalized spacial score (nSPS) is 13.9. The lowest BCUT2D eigenvalue weighted by molar-refractivity contribution is 0.163. The number of benzene rings is 1. The van der Waals surface area contributed by atoms with Crippen LogP contribution in [-0.2, 0) is 10.0 Å². The van der Waals surface area contributed by atoms with Gasteiger partial charge in [0.05, 0.1) is 11.0 Å². The molecular formula is C12H19NO3S. The Hall–Kier alpha value is -0.910. The van der Waals surface area contributed by atoms with Gasteiger partial charge in [-0.05, 0) is 25.5 Å². The molecule has 17 heavy (non-hydrogen) atoms. The SMILES string of the molecule is CCCN(C[C@H](C)O)S(=O)(=O)c1ccccc1. The van der Waals surface area contributed by atoms with Crippen molar-refractivity contribution in [2.75, 3.05) is 13.1 Å². The number of nitrogens with zero attached hydrogens (tertiary/aromatic N) is 1. The molecule has 0 heterocycles. The molecule has 0 fully saturated rings. The molecule has 1 aromatic rings. The van der Waals surface area contributed by atoms with E-state index in [1.165, 1.54) is 4.31 Å². The topological polar surface area (TPSA) is 57.6 Å². The summed E-state index contributed by atoms with van der Waals surface area (Å²) in [6, 6.07) is 8.30. The highest BCUT2D eigenvalue weighted by Crippen LogP contribution is 2.15. The molecule has 96 valence electrons. The molecule has 1 atom stereocenters. The molecule has 0 amide bonds. The van der Waals surface area contributed by atoms with Gasteiger partial charge >= 0.3 is 0 Å². The highest BCUT2D eigenvalue weighted by atomic mass is 32.2. The minimum atomic E-state index is -3.48. The Morgan fingerprint density at radius 2 is 1.88 bits per heavy atom. The Morgan fingerprint density at radius 1 is 1.29 bits per heavy atom. The van der Waals surface area contributed by atoms with E-state index in [0.29, 0.717) is 6.54 Å². The molecule has 0 unspecified atom stereocenters. The number of aliphatic hydroxyl groups excluding tert-OH is 1. The first kappa shape index (κ1) is 14.2. The van der Waals surface area contributed by atoms with Crippen molar-refractivity contribution in [3.63, 3.8) is 0 Å². The number of hydrogen-bond acceptors (Lipinski definition) is 3. The largest absolute Gasteiger partial charge is 0.392 e. The fraction of sp³-hybridized carbons (Fsp3) is 0.500. The average molecular weight is 257 g/mol. The first-order chi connectivity index (χ1) is 7.98. The minimum absolute atomic E-state index is 0.130. The Kier molecular flexibility index (Phi) is 5.11. The molecule has 0 radical (unpaired) electrons. The Morgan fingerprint density at radius 3 is 2.35 bits per heavy atom. The van der Waals surface area contributed by atoms with Crippen LogP contribution in [0.3, 0.4) is 0 Å². The standard InChI is InChI=1S/C12H19NO3S/c1-3-9-13(10-11(2)14)17(15,16)12-7-5-4-6-8-12/h4-8,11,14H,3,9-10H2,1-2H3/t11-/m0/s1. The highest BCUT2D eigenvalue weighted by Gasteiger charge is 2.24. The van der Waals surface area contributed by atoms with Crippen molar-refractivity contribution >= 4 is 10.0 Å². The summed E-state index contributed by atoms with van der Waals surface area (Å²) in [6.07, 6.45) is 0.0544. The number of sulfonamides is 1. The van der Waals surface area contributed by atoms with Crippen molar-refractivity contribution in [3.8, 4) is 0 Å². The van der Waals surface area contributed by atoms with Crippen LogP contribution in [0.15, 0.2) is 35.2 Å². The third-order valence-corrected chi connectivity index (χ3v) is 4.20.